The van der Waals surface area contributed by atoms with Crippen LogP contribution in [0, 0.1) is 0 Å². The molecule has 0 saturated carbocycles. The lowest BCUT2D eigenvalue weighted by molar-refractivity contribution is 0.562. The topological polar surface area (TPSA) is 30.2 Å². The van der Waals surface area contributed by atoms with Gasteiger partial charge < -0.3 is 4.42 Å². The van der Waals surface area contributed by atoms with Crippen molar-refractivity contribution < 1.29 is 4.42 Å². The number of para-hydroxylation sites is 1. The van der Waals surface area contributed by atoms with Crippen molar-refractivity contribution in [3.63, 3.8) is 0 Å². The van der Waals surface area contributed by atoms with Crippen molar-refractivity contribution >= 4 is 11.0 Å². The van der Waals surface area contributed by atoms with Crippen molar-refractivity contribution in [1.29, 1.82) is 0 Å². The Kier molecular flexibility index (Phi) is 2.26. The van der Waals surface area contributed by atoms with E-state index in [2.05, 4.69) is 0 Å². The molecular weight excluding hydrogens is 212 g/mol. The van der Waals surface area contributed by atoms with Gasteiger partial charge in [-0.15, -0.1) is 0 Å². The Labute approximate surface area is 98.1 Å². The van der Waals surface area contributed by atoms with E-state index in [0.717, 1.165) is 16.5 Å². The molecule has 0 saturated heterocycles. The summed E-state index contributed by atoms with van der Waals surface area (Å²) in [5.74, 6) is 0. The van der Waals surface area contributed by atoms with E-state index in [4.69, 9.17) is 4.42 Å². The molecule has 0 radical (unpaired) electrons. The third-order valence-corrected chi connectivity index (χ3v) is 2.73. The number of fused-ring (bicyclic) bond motifs is 1. The summed E-state index contributed by atoms with van der Waals surface area (Å²) >= 11 is 0. The zero-order chi connectivity index (χ0) is 11.7. The van der Waals surface area contributed by atoms with Gasteiger partial charge in [-0.1, -0.05) is 48.5 Å². The first-order valence-electron chi connectivity index (χ1n) is 5.43. The van der Waals surface area contributed by atoms with Crippen molar-refractivity contribution in [2.45, 2.75) is 0 Å². The quantitative estimate of drug-likeness (QED) is 0.590. The molecule has 2 heteroatoms. The average Bonchev–Trinajstić information content (AvgIpc) is 2.39. The Morgan fingerprint density at radius 3 is 2.41 bits per heavy atom. The minimum absolute atomic E-state index is 0.319. The third-order valence-electron chi connectivity index (χ3n) is 2.73. The molecule has 0 amide bonds. The lowest BCUT2D eigenvalue weighted by atomic mass is 10.0. The van der Waals surface area contributed by atoms with E-state index in [-0.39, 0.29) is 5.63 Å². The van der Waals surface area contributed by atoms with Gasteiger partial charge in [0.25, 0.3) is 0 Å². The molecule has 0 bridgehead atoms. The van der Waals surface area contributed by atoms with Gasteiger partial charge in [0.15, 0.2) is 0 Å². The van der Waals surface area contributed by atoms with Gasteiger partial charge in [-0.2, -0.15) is 0 Å². The van der Waals surface area contributed by atoms with Crippen LogP contribution in [-0.4, -0.2) is 0 Å². The molecular formula is C15H10O2. The second-order valence-electron chi connectivity index (χ2n) is 3.84. The molecule has 0 fully saturated rings. The van der Waals surface area contributed by atoms with Crippen molar-refractivity contribution in [3.8, 4) is 11.1 Å². The minimum atomic E-state index is -0.319. The highest BCUT2D eigenvalue weighted by Gasteiger charge is 2.05. The Morgan fingerprint density at radius 2 is 1.59 bits per heavy atom. The SMILES string of the molecule is O=c1ccc2cccc(-c3ccccc3)c2o1. The fraction of sp³-hybridized carbons (Fsp3) is 0. The van der Waals surface area contributed by atoms with Crippen LogP contribution in [0.15, 0.2) is 69.9 Å². The molecule has 2 nitrogen and oxygen atoms in total. The standard InChI is InChI=1S/C15H10O2/c16-14-10-9-12-7-4-8-13(15(12)17-14)11-5-2-1-3-6-11/h1-10H. The summed E-state index contributed by atoms with van der Waals surface area (Å²) in [5.41, 5.74) is 2.32. The first-order valence-corrected chi connectivity index (χ1v) is 5.43. The maximum absolute atomic E-state index is 11.3. The molecule has 0 aliphatic rings. The van der Waals surface area contributed by atoms with Gasteiger partial charge in [-0.05, 0) is 11.6 Å². The van der Waals surface area contributed by atoms with Crippen molar-refractivity contribution in [2.75, 3.05) is 0 Å². The summed E-state index contributed by atoms with van der Waals surface area (Å²) in [6.07, 6.45) is 0. The van der Waals surface area contributed by atoms with E-state index >= 15 is 0 Å². The van der Waals surface area contributed by atoms with E-state index in [1.807, 2.05) is 48.5 Å². The van der Waals surface area contributed by atoms with Crippen LogP contribution in [0.5, 0.6) is 0 Å². The van der Waals surface area contributed by atoms with Crippen LogP contribution in [0.2, 0.25) is 0 Å². The second kappa shape index (κ2) is 3.91. The number of hydrogen-bond acceptors (Lipinski definition) is 2. The highest BCUT2D eigenvalue weighted by molar-refractivity contribution is 5.91. The van der Waals surface area contributed by atoms with E-state index < -0.39 is 0 Å². The summed E-state index contributed by atoms with van der Waals surface area (Å²) in [6, 6.07) is 19.0. The molecule has 0 atom stereocenters. The van der Waals surface area contributed by atoms with Gasteiger partial charge in [0, 0.05) is 17.0 Å². The second-order valence-corrected chi connectivity index (χ2v) is 3.84. The zero-order valence-corrected chi connectivity index (χ0v) is 9.09. The lowest BCUT2D eigenvalue weighted by Gasteiger charge is -2.04. The maximum Gasteiger partial charge on any atom is 0.336 e. The molecule has 1 heterocycles. The molecule has 1 aromatic heterocycles. The van der Waals surface area contributed by atoms with Crippen LogP contribution in [0.3, 0.4) is 0 Å². The number of hydrogen-bond donors (Lipinski definition) is 0. The van der Waals surface area contributed by atoms with Crippen LogP contribution in [0.25, 0.3) is 22.1 Å². The monoisotopic (exact) mass is 222 g/mol. The van der Waals surface area contributed by atoms with Gasteiger partial charge in [0.05, 0.1) is 0 Å². The Balaban J connectivity index is 2.37. The van der Waals surface area contributed by atoms with Crippen molar-refractivity contribution in [3.05, 3.63) is 71.1 Å². The van der Waals surface area contributed by atoms with Gasteiger partial charge in [0.2, 0.25) is 0 Å². The maximum atomic E-state index is 11.3. The van der Waals surface area contributed by atoms with Crippen molar-refractivity contribution in [1.82, 2.24) is 0 Å². The largest absolute Gasteiger partial charge is 0.422 e. The first-order chi connectivity index (χ1) is 8.34. The third kappa shape index (κ3) is 1.74. The smallest absolute Gasteiger partial charge is 0.336 e. The van der Waals surface area contributed by atoms with Gasteiger partial charge >= 0.3 is 5.63 Å². The summed E-state index contributed by atoms with van der Waals surface area (Å²) in [4.78, 5) is 11.3. The fourth-order valence-corrected chi connectivity index (χ4v) is 1.94. The molecule has 0 N–H and O–H groups in total. The van der Waals surface area contributed by atoms with Gasteiger partial charge in [-0.25, -0.2) is 4.79 Å². The van der Waals surface area contributed by atoms with Crippen LogP contribution in [0.4, 0.5) is 0 Å². The molecule has 3 rings (SSSR count). The fourth-order valence-electron chi connectivity index (χ4n) is 1.94. The molecule has 82 valence electrons. The molecule has 17 heavy (non-hydrogen) atoms. The first kappa shape index (κ1) is 9.85. The Morgan fingerprint density at radius 1 is 0.765 bits per heavy atom. The molecule has 0 unspecified atom stereocenters. The Bertz CT molecular complexity index is 712. The zero-order valence-electron chi connectivity index (χ0n) is 9.09. The van der Waals surface area contributed by atoms with E-state index in [1.54, 1.807) is 6.07 Å². The normalized spacial score (nSPS) is 10.6. The van der Waals surface area contributed by atoms with Crippen LogP contribution in [0.1, 0.15) is 0 Å². The van der Waals surface area contributed by atoms with Gasteiger partial charge in [-0.3, -0.25) is 0 Å². The molecule has 0 spiro atoms. The Hall–Kier alpha value is -2.35. The summed E-state index contributed by atoms with van der Waals surface area (Å²) in [6.45, 7) is 0. The molecule has 2 aromatic carbocycles. The highest BCUT2D eigenvalue weighted by atomic mass is 16.4. The molecule has 0 aliphatic carbocycles. The van der Waals surface area contributed by atoms with Crippen LogP contribution in [-0.2, 0) is 0 Å². The number of rotatable bonds is 1. The summed E-state index contributed by atoms with van der Waals surface area (Å²) < 4.78 is 5.29. The van der Waals surface area contributed by atoms with Gasteiger partial charge in [0.1, 0.15) is 5.58 Å². The van der Waals surface area contributed by atoms with E-state index in [0.29, 0.717) is 5.58 Å². The van der Waals surface area contributed by atoms with Crippen LogP contribution >= 0.6 is 0 Å². The minimum Gasteiger partial charge on any atom is -0.422 e. The van der Waals surface area contributed by atoms with Crippen molar-refractivity contribution in [2.24, 2.45) is 0 Å². The number of benzene rings is 2. The lowest BCUT2D eigenvalue weighted by Crippen LogP contribution is -1.95. The predicted octanol–water partition coefficient (Wildman–Crippen LogP) is 3.46. The average molecular weight is 222 g/mol. The molecule has 3 aromatic rings. The highest BCUT2D eigenvalue weighted by Crippen LogP contribution is 2.27. The van der Waals surface area contributed by atoms with E-state index in [1.165, 1.54) is 6.07 Å². The summed E-state index contributed by atoms with van der Waals surface area (Å²) in [7, 11) is 0. The summed E-state index contributed by atoms with van der Waals surface area (Å²) in [5, 5.41) is 0.936. The molecule has 0 aliphatic heterocycles. The van der Waals surface area contributed by atoms with E-state index in [9.17, 15) is 4.79 Å². The van der Waals surface area contributed by atoms with Crippen LogP contribution < -0.4 is 5.63 Å². The predicted molar refractivity (Wildman–Crippen MR) is 67.9 cm³/mol.